The molecule has 0 aliphatic heterocycles. The maximum absolute atomic E-state index is 12.6. The van der Waals surface area contributed by atoms with Crippen LogP contribution in [0.4, 0.5) is 0 Å². The Hall–Kier alpha value is -3.28. The number of aryl methyl sites for hydroxylation is 1. The minimum Gasteiger partial charge on any atom is -0.459 e. The molecule has 0 atom stereocenters. The minimum atomic E-state index is -0.472. The van der Waals surface area contributed by atoms with Crippen LogP contribution in [0.3, 0.4) is 0 Å². The number of carbonyl (C=O) groups is 2. The molecule has 1 aromatic carbocycles. The van der Waals surface area contributed by atoms with Gasteiger partial charge in [-0.1, -0.05) is 18.2 Å². The maximum atomic E-state index is 12.6. The van der Waals surface area contributed by atoms with Crippen molar-refractivity contribution in [1.29, 1.82) is 0 Å². The van der Waals surface area contributed by atoms with E-state index in [0.29, 0.717) is 0 Å². The molecule has 0 bridgehead atoms. The van der Waals surface area contributed by atoms with Gasteiger partial charge >= 0.3 is 0 Å². The number of amides is 2. The van der Waals surface area contributed by atoms with Crippen LogP contribution < -0.4 is 10.6 Å². The monoisotopic (exact) mass is 351 g/mol. The largest absolute Gasteiger partial charge is 0.459 e. The Kier molecular flexibility index (Phi) is 4.93. The first-order valence-corrected chi connectivity index (χ1v) is 8.37. The highest BCUT2D eigenvalue weighted by molar-refractivity contribution is 6.05. The number of aromatic nitrogens is 1. The zero-order valence-corrected chi connectivity index (χ0v) is 14.9. The summed E-state index contributed by atoms with van der Waals surface area (Å²) in [5.41, 5.74) is 2.05. The number of carbonyl (C=O) groups excluding carboxylic acids is 2. The molecule has 3 rings (SSSR count). The van der Waals surface area contributed by atoms with Crippen molar-refractivity contribution in [3.05, 3.63) is 65.9 Å². The van der Waals surface area contributed by atoms with E-state index in [1.807, 2.05) is 55.9 Å². The summed E-state index contributed by atoms with van der Waals surface area (Å²) in [7, 11) is 1.94. The van der Waals surface area contributed by atoms with Gasteiger partial charge in [-0.15, -0.1) is 0 Å². The molecule has 2 aromatic heterocycles. The summed E-state index contributed by atoms with van der Waals surface area (Å²) >= 11 is 0. The predicted molar refractivity (Wildman–Crippen MR) is 100 cm³/mol. The fraction of sp³-hybridized carbons (Fsp3) is 0.200. The Labute approximate surface area is 151 Å². The molecular weight excluding hydrogens is 330 g/mol. The van der Waals surface area contributed by atoms with Gasteiger partial charge in [0.1, 0.15) is 5.70 Å². The molecule has 0 radical (unpaired) electrons. The lowest BCUT2D eigenvalue weighted by molar-refractivity contribution is -0.118. The van der Waals surface area contributed by atoms with E-state index in [0.717, 1.165) is 16.5 Å². The van der Waals surface area contributed by atoms with Crippen molar-refractivity contribution in [3.63, 3.8) is 0 Å². The number of hydrogen-bond acceptors (Lipinski definition) is 3. The standard InChI is InChI=1S/C20H21N3O3/c1-13(2)21-19(24)16(22-20(25)18-9-6-10-26-18)11-14-12-23(3)17-8-5-4-7-15(14)17/h4-13H,1-3H3,(H,21,24)(H,22,25). The number of nitrogens with zero attached hydrogens (tertiary/aromatic N) is 1. The molecule has 0 spiro atoms. The maximum Gasteiger partial charge on any atom is 0.291 e. The molecule has 0 aliphatic rings. The molecule has 2 N–H and O–H groups in total. The zero-order chi connectivity index (χ0) is 18.7. The average molecular weight is 351 g/mol. The highest BCUT2D eigenvalue weighted by Crippen LogP contribution is 2.22. The quantitative estimate of drug-likeness (QED) is 0.694. The molecular formula is C20H21N3O3. The Morgan fingerprint density at radius 1 is 1.15 bits per heavy atom. The minimum absolute atomic E-state index is 0.0565. The van der Waals surface area contributed by atoms with Crippen LogP contribution >= 0.6 is 0 Å². The number of furan rings is 1. The molecule has 134 valence electrons. The second kappa shape index (κ2) is 7.31. The lowest BCUT2D eigenvalue weighted by Crippen LogP contribution is -2.38. The van der Waals surface area contributed by atoms with Crippen LogP contribution in [0.15, 0.2) is 59.0 Å². The Bertz CT molecular complexity index is 966. The van der Waals surface area contributed by atoms with E-state index < -0.39 is 5.91 Å². The number of rotatable bonds is 5. The zero-order valence-electron chi connectivity index (χ0n) is 14.9. The SMILES string of the molecule is CC(C)NC(=O)C(=Cc1cn(C)c2ccccc12)NC(=O)c1ccco1. The first-order chi connectivity index (χ1) is 12.5. The molecule has 0 saturated carbocycles. The Balaban J connectivity index is 1.99. The van der Waals surface area contributed by atoms with Crippen molar-refractivity contribution < 1.29 is 14.0 Å². The number of benzene rings is 1. The van der Waals surface area contributed by atoms with Gasteiger partial charge in [-0.2, -0.15) is 0 Å². The molecule has 0 saturated heterocycles. The van der Waals surface area contributed by atoms with Gasteiger partial charge in [-0.25, -0.2) is 0 Å². The van der Waals surface area contributed by atoms with Crippen LogP contribution in [0.2, 0.25) is 0 Å². The molecule has 6 nitrogen and oxygen atoms in total. The van der Waals surface area contributed by atoms with Crippen LogP contribution in [0.25, 0.3) is 17.0 Å². The fourth-order valence-corrected chi connectivity index (χ4v) is 2.73. The average Bonchev–Trinajstić information content (AvgIpc) is 3.23. The van der Waals surface area contributed by atoms with Crippen molar-refractivity contribution in [2.45, 2.75) is 19.9 Å². The third kappa shape index (κ3) is 3.69. The van der Waals surface area contributed by atoms with Gasteiger partial charge in [0, 0.05) is 35.8 Å². The van der Waals surface area contributed by atoms with Crippen LogP contribution in [-0.4, -0.2) is 22.4 Å². The summed E-state index contributed by atoms with van der Waals surface area (Å²) in [5.74, 6) is -0.681. The molecule has 6 heteroatoms. The summed E-state index contributed by atoms with van der Waals surface area (Å²) in [6, 6.07) is 11.0. The highest BCUT2D eigenvalue weighted by atomic mass is 16.3. The van der Waals surface area contributed by atoms with E-state index in [-0.39, 0.29) is 23.4 Å². The highest BCUT2D eigenvalue weighted by Gasteiger charge is 2.17. The van der Waals surface area contributed by atoms with E-state index in [2.05, 4.69) is 10.6 Å². The molecule has 0 unspecified atom stereocenters. The van der Waals surface area contributed by atoms with Crippen molar-refractivity contribution in [1.82, 2.24) is 15.2 Å². The van der Waals surface area contributed by atoms with Crippen molar-refractivity contribution >= 4 is 28.8 Å². The topological polar surface area (TPSA) is 76.3 Å². The lowest BCUT2D eigenvalue weighted by Gasteiger charge is -2.12. The van der Waals surface area contributed by atoms with E-state index in [9.17, 15) is 9.59 Å². The Morgan fingerprint density at radius 2 is 1.92 bits per heavy atom. The Morgan fingerprint density at radius 3 is 2.62 bits per heavy atom. The number of para-hydroxylation sites is 1. The normalized spacial score (nSPS) is 11.8. The summed E-state index contributed by atoms with van der Waals surface area (Å²) in [5, 5.41) is 6.46. The van der Waals surface area contributed by atoms with Crippen LogP contribution in [-0.2, 0) is 11.8 Å². The predicted octanol–water partition coefficient (Wildman–Crippen LogP) is 3.07. The molecule has 3 aromatic rings. The molecule has 2 heterocycles. The van der Waals surface area contributed by atoms with Gasteiger partial charge in [0.25, 0.3) is 11.8 Å². The van der Waals surface area contributed by atoms with Crippen molar-refractivity contribution in [3.8, 4) is 0 Å². The first-order valence-electron chi connectivity index (χ1n) is 8.37. The summed E-state index contributed by atoms with van der Waals surface area (Å²) < 4.78 is 7.09. The third-order valence-corrected chi connectivity index (χ3v) is 3.89. The van der Waals surface area contributed by atoms with E-state index in [4.69, 9.17) is 4.42 Å². The lowest BCUT2D eigenvalue weighted by atomic mass is 10.1. The molecule has 0 aliphatic carbocycles. The van der Waals surface area contributed by atoms with Gasteiger partial charge < -0.3 is 19.6 Å². The summed E-state index contributed by atoms with van der Waals surface area (Å²) in [4.78, 5) is 24.9. The summed E-state index contributed by atoms with van der Waals surface area (Å²) in [6.45, 7) is 3.73. The first kappa shape index (κ1) is 17.5. The molecule has 0 fully saturated rings. The van der Waals surface area contributed by atoms with Crippen LogP contribution in [0.5, 0.6) is 0 Å². The van der Waals surface area contributed by atoms with Crippen molar-refractivity contribution in [2.75, 3.05) is 0 Å². The van der Waals surface area contributed by atoms with Gasteiger partial charge in [0.05, 0.1) is 6.26 Å². The van der Waals surface area contributed by atoms with Crippen LogP contribution in [0.1, 0.15) is 30.0 Å². The van der Waals surface area contributed by atoms with E-state index >= 15 is 0 Å². The fourth-order valence-electron chi connectivity index (χ4n) is 2.73. The smallest absolute Gasteiger partial charge is 0.291 e. The third-order valence-electron chi connectivity index (χ3n) is 3.89. The van der Waals surface area contributed by atoms with E-state index in [1.165, 1.54) is 6.26 Å². The number of nitrogens with one attached hydrogen (secondary N) is 2. The molecule has 2 amide bonds. The number of hydrogen-bond donors (Lipinski definition) is 2. The van der Waals surface area contributed by atoms with Gasteiger partial charge in [-0.3, -0.25) is 9.59 Å². The second-order valence-electron chi connectivity index (χ2n) is 6.33. The van der Waals surface area contributed by atoms with Gasteiger partial charge in [0.2, 0.25) is 0 Å². The number of fused-ring (bicyclic) bond motifs is 1. The summed E-state index contributed by atoms with van der Waals surface area (Å²) in [6.07, 6.45) is 5.02. The van der Waals surface area contributed by atoms with Crippen molar-refractivity contribution in [2.24, 2.45) is 7.05 Å². The second-order valence-corrected chi connectivity index (χ2v) is 6.33. The van der Waals surface area contributed by atoms with E-state index in [1.54, 1.807) is 18.2 Å². The van der Waals surface area contributed by atoms with Gasteiger partial charge in [-0.05, 0) is 38.1 Å². The molecule has 26 heavy (non-hydrogen) atoms. The van der Waals surface area contributed by atoms with Crippen LogP contribution in [0, 0.1) is 0 Å². The van der Waals surface area contributed by atoms with Gasteiger partial charge in [0.15, 0.2) is 5.76 Å².